The van der Waals surface area contributed by atoms with Gasteiger partial charge >= 0.3 is 6.18 Å². The van der Waals surface area contributed by atoms with E-state index in [4.69, 9.17) is 0 Å². The van der Waals surface area contributed by atoms with Crippen molar-refractivity contribution in [3.8, 4) is 0 Å². The molecule has 1 heterocycles. The third-order valence-corrected chi connectivity index (χ3v) is 2.61. The van der Waals surface area contributed by atoms with Gasteiger partial charge in [-0.15, -0.1) is 0 Å². The van der Waals surface area contributed by atoms with Crippen molar-refractivity contribution in [1.29, 1.82) is 0 Å². The molecule has 0 fully saturated rings. The summed E-state index contributed by atoms with van der Waals surface area (Å²) in [7, 11) is 0. The summed E-state index contributed by atoms with van der Waals surface area (Å²) in [6.07, 6.45) is -2.67. The molecule has 3 nitrogen and oxygen atoms in total. The highest BCUT2D eigenvalue weighted by Gasteiger charge is 2.30. The van der Waals surface area contributed by atoms with Gasteiger partial charge in [0.05, 0.1) is 11.8 Å². The number of hydrogen-bond donors (Lipinski definition) is 2. The number of benzene rings is 1. The molecule has 0 atom stereocenters. The maximum absolute atomic E-state index is 12.5. The molecule has 2 aromatic rings. The first-order chi connectivity index (χ1) is 8.47. The molecule has 0 aliphatic carbocycles. The summed E-state index contributed by atoms with van der Waals surface area (Å²) in [5, 5.41) is 9.56. The third kappa shape index (κ3) is 2.82. The molecule has 0 saturated carbocycles. The van der Waals surface area contributed by atoms with Crippen LogP contribution >= 0.6 is 0 Å². The SMILES string of the molecule is Cc1[nH]ncc1CNc1cccc(C(F)(F)F)c1. The van der Waals surface area contributed by atoms with E-state index in [0.717, 1.165) is 23.4 Å². The molecule has 96 valence electrons. The van der Waals surface area contributed by atoms with Crippen molar-refractivity contribution in [3.63, 3.8) is 0 Å². The summed E-state index contributed by atoms with van der Waals surface area (Å²) in [6, 6.07) is 5.13. The van der Waals surface area contributed by atoms with E-state index >= 15 is 0 Å². The van der Waals surface area contributed by atoms with Crippen LogP contribution in [-0.2, 0) is 12.7 Å². The van der Waals surface area contributed by atoms with Crippen LogP contribution in [0.4, 0.5) is 18.9 Å². The first-order valence-electron chi connectivity index (χ1n) is 5.37. The van der Waals surface area contributed by atoms with E-state index in [1.54, 1.807) is 12.3 Å². The molecule has 2 N–H and O–H groups in total. The van der Waals surface area contributed by atoms with Crippen molar-refractivity contribution in [2.24, 2.45) is 0 Å². The Morgan fingerprint density at radius 1 is 1.33 bits per heavy atom. The number of halogens is 3. The van der Waals surface area contributed by atoms with Crippen molar-refractivity contribution in [2.75, 3.05) is 5.32 Å². The molecule has 2 rings (SSSR count). The molecule has 0 amide bonds. The Kier molecular flexibility index (Phi) is 3.27. The van der Waals surface area contributed by atoms with Crippen molar-refractivity contribution in [1.82, 2.24) is 10.2 Å². The maximum Gasteiger partial charge on any atom is 0.416 e. The monoisotopic (exact) mass is 255 g/mol. The van der Waals surface area contributed by atoms with Crippen LogP contribution in [0, 0.1) is 6.92 Å². The number of alkyl halides is 3. The lowest BCUT2D eigenvalue weighted by Crippen LogP contribution is -2.06. The third-order valence-electron chi connectivity index (χ3n) is 2.61. The standard InChI is InChI=1S/C12H12F3N3/c1-8-9(7-17-18-8)6-16-11-4-2-3-10(5-11)12(13,14)15/h2-5,7,16H,6H2,1H3,(H,17,18). The fourth-order valence-electron chi connectivity index (χ4n) is 1.56. The van der Waals surface area contributed by atoms with Crippen LogP contribution < -0.4 is 5.32 Å². The van der Waals surface area contributed by atoms with Gasteiger partial charge in [-0.25, -0.2) is 0 Å². The van der Waals surface area contributed by atoms with Gasteiger partial charge in [-0.3, -0.25) is 5.10 Å². The highest BCUT2D eigenvalue weighted by Crippen LogP contribution is 2.30. The molecule has 1 aromatic carbocycles. The maximum atomic E-state index is 12.5. The van der Waals surface area contributed by atoms with Crippen LogP contribution in [0.2, 0.25) is 0 Å². The lowest BCUT2D eigenvalue weighted by molar-refractivity contribution is -0.137. The van der Waals surface area contributed by atoms with Gasteiger partial charge in [-0.2, -0.15) is 18.3 Å². The molecule has 0 radical (unpaired) electrons. The van der Waals surface area contributed by atoms with Crippen LogP contribution in [0.5, 0.6) is 0 Å². The summed E-state index contributed by atoms with van der Waals surface area (Å²) in [6.45, 7) is 2.29. The van der Waals surface area contributed by atoms with E-state index < -0.39 is 11.7 Å². The largest absolute Gasteiger partial charge is 0.416 e. The minimum atomic E-state index is -4.32. The van der Waals surface area contributed by atoms with Crippen molar-refractivity contribution >= 4 is 5.69 Å². The zero-order chi connectivity index (χ0) is 13.2. The Labute approximate surface area is 102 Å². The minimum absolute atomic E-state index is 0.434. The molecule has 0 spiro atoms. The van der Waals surface area contributed by atoms with Crippen LogP contribution in [0.15, 0.2) is 30.5 Å². The molecule has 1 aromatic heterocycles. The molecular formula is C12H12F3N3. The molecular weight excluding hydrogens is 243 g/mol. The first-order valence-corrected chi connectivity index (χ1v) is 5.37. The summed E-state index contributed by atoms with van der Waals surface area (Å²) in [5.41, 5.74) is 1.60. The zero-order valence-electron chi connectivity index (χ0n) is 9.67. The predicted molar refractivity (Wildman–Crippen MR) is 62.1 cm³/mol. The lowest BCUT2D eigenvalue weighted by Gasteiger charge is -2.10. The van der Waals surface area contributed by atoms with E-state index in [9.17, 15) is 13.2 Å². The molecule has 0 bridgehead atoms. The Morgan fingerprint density at radius 3 is 2.72 bits per heavy atom. The first kappa shape index (κ1) is 12.5. The highest BCUT2D eigenvalue weighted by atomic mass is 19.4. The van der Waals surface area contributed by atoms with Gasteiger partial charge in [-0.05, 0) is 25.1 Å². The Morgan fingerprint density at radius 2 is 2.11 bits per heavy atom. The fraction of sp³-hybridized carbons (Fsp3) is 0.250. The number of aromatic amines is 1. The number of hydrogen-bond acceptors (Lipinski definition) is 2. The number of anilines is 1. The fourth-order valence-corrected chi connectivity index (χ4v) is 1.56. The molecule has 0 unspecified atom stereocenters. The topological polar surface area (TPSA) is 40.7 Å². The van der Waals surface area contributed by atoms with Gasteiger partial charge in [0, 0.05) is 23.5 Å². The summed E-state index contributed by atoms with van der Waals surface area (Å²) < 4.78 is 37.5. The van der Waals surface area contributed by atoms with Crippen molar-refractivity contribution < 1.29 is 13.2 Å². The molecule has 6 heteroatoms. The summed E-state index contributed by atoms with van der Waals surface area (Å²) in [5.74, 6) is 0. The van der Waals surface area contributed by atoms with Gasteiger partial charge in [0.15, 0.2) is 0 Å². The van der Waals surface area contributed by atoms with E-state index in [0.29, 0.717) is 12.2 Å². The van der Waals surface area contributed by atoms with Crippen LogP contribution in [0.1, 0.15) is 16.8 Å². The quantitative estimate of drug-likeness (QED) is 0.883. The average Bonchev–Trinajstić information content (AvgIpc) is 2.72. The van der Waals surface area contributed by atoms with Gasteiger partial charge < -0.3 is 5.32 Å². The van der Waals surface area contributed by atoms with Crippen LogP contribution in [0.25, 0.3) is 0 Å². The average molecular weight is 255 g/mol. The van der Waals surface area contributed by atoms with Gasteiger partial charge in [0.25, 0.3) is 0 Å². The second kappa shape index (κ2) is 4.72. The molecule has 0 aliphatic heterocycles. The van der Waals surface area contributed by atoms with Crippen LogP contribution in [0.3, 0.4) is 0 Å². The lowest BCUT2D eigenvalue weighted by atomic mass is 10.2. The molecule has 18 heavy (non-hydrogen) atoms. The Hall–Kier alpha value is -1.98. The number of nitrogens with one attached hydrogen (secondary N) is 2. The van der Waals surface area contributed by atoms with E-state index in [1.807, 2.05) is 6.92 Å². The van der Waals surface area contributed by atoms with Gasteiger partial charge in [0.2, 0.25) is 0 Å². The number of nitrogens with zero attached hydrogens (tertiary/aromatic N) is 1. The summed E-state index contributed by atoms with van der Waals surface area (Å²) in [4.78, 5) is 0. The number of aryl methyl sites for hydroxylation is 1. The zero-order valence-corrected chi connectivity index (χ0v) is 9.67. The number of H-pyrrole nitrogens is 1. The molecule has 0 aliphatic rings. The summed E-state index contributed by atoms with van der Waals surface area (Å²) >= 11 is 0. The normalized spacial score (nSPS) is 11.6. The highest BCUT2D eigenvalue weighted by molar-refractivity contribution is 5.47. The predicted octanol–water partition coefficient (Wildman–Crippen LogP) is 3.35. The van der Waals surface area contributed by atoms with E-state index in [2.05, 4.69) is 15.5 Å². The Balaban J connectivity index is 2.09. The Bertz CT molecular complexity index is 531. The second-order valence-corrected chi connectivity index (χ2v) is 3.95. The number of rotatable bonds is 3. The van der Waals surface area contributed by atoms with Crippen molar-refractivity contribution in [3.05, 3.63) is 47.3 Å². The van der Waals surface area contributed by atoms with Crippen LogP contribution in [-0.4, -0.2) is 10.2 Å². The van der Waals surface area contributed by atoms with Gasteiger partial charge in [-0.1, -0.05) is 6.07 Å². The molecule has 0 saturated heterocycles. The van der Waals surface area contributed by atoms with E-state index in [1.165, 1.54) is 6.07 Å². The van der Waals surface area contributed by atoms with E-state index in [-0.39, 0.29) is 0 Å². The number of aromatic nitrogens is 2. The second-order valence-electron chi connectivity index (χ2n) is 3.95. The van der Waals surface area contributed by atoms with Crippen molar-refractivity contribution in [2.45, 2.75) is 19.6 Å². The van der Waals surface area contributed by atoms with Gasteiger partial charge in [0.1, 0.15) is 0 Å². The smallest absolute Gasteiger partial charge is 0.381 e. The minimum Gasteiger partial charge on any atom is -0.381 e.